The number of nitrogen functional groups attached to an aromatic ring is 1. The zero-order valence-electron chi connectivity index (χ0n) is 8.44. The van der Waals surface area contributed by atoms with Crippen molar-refractivity contribution in [2.24, 2.45) is 5.73 Å². The fraction of sp³-hybridized carbons (Fsp3) is 0.400. The maximum atomic E-state index is 11.2. The number of amides is 1. The highest BCUT2D eigenvalue weighted by Crippen LogP contribution is 2.23. The second-order valence-corrected chi connectivity index (χ2v) is 3.70. The summed E-state index contributed by atoms with van der Waals surface area (Å²) in [5, 5.41) is 0. The molecule has 1 aromatic rings. The third-order valence-electron chi connectivity index (χ3n) is 2.56. The molecule has 1 aliphatic heterocycles. The van der Waals surface area contributed by atoms with Crippen molar-refractivity contribution in [3.8, 4) is 0 Å². The van der Waals surface area contributed by atoms with Gasteiger partial charge in [0.25, 0.3) is 5.91 Å². The van der Waals surface area contributed by atoms with Crippen LogP contribution in [0.25, 0.3) is 0 Å². The highest BCUT2D eigenvalue weighted by molar-refractivity contribution is 5.98. The molecular weight excluding hydrogens is 192 g/mol. The van der Waals surface area contributed by atoms with Crippen molar-refractivity contribution < 1.29 is 4.79 Å². The van der Waals surface area contributed by atoms with Crippen molar-refractivity contribution in [2.75, 3.05) is 23.7 Å². The summed E-state index contributed by atoms with van der Waals surface area (Å²) in [5.41, 5.74) is 11.7. The molecule has 2 heterocycles. The molecule has 1 aromatic heterocycles. The molecule has 2 rings (SSSR count). The first kappa shape index (κ1) is 9.76. The minimum absolute atomic E-state index is 0.414. The summed E-state index contributed by atoms with van der Waals surface area (Å²) in [4.78, 5) is 17.5. The summed E-state index contributed by atoms with van der Waals surface area (Å²) < 4.78 is 0. The van der Waals surface area contributed by atoms with Crippen LogP contribution >= 0.6 is 0 Å². The molecule has 0 saturated carbocycles. The van der Waals surface area contributed by atoms with Gasteiger partial charge in [-0.2, -0.15) is 0 Å². The van der Waals surface area contributed by atoms with E-state index < -0.39 is 5.91 Å². The average molecular weight is 206 g/mol. The molecular formula is C10H14N4O. The number of carbonyl (C=O) groups excluding carboxylic acids is 1. The van der Waals surface area contributed by atoms with Gasteiger partial charge >= 0.3 is 0 Å². The molecule has 15 heavy (non-hydrogen) atoms. The lowest BCUT2D eigenvalue weighted by molar-refractivity contribution is 0.100. The topological polar surface area (TPSA) is 85.2 Å². The predicted molar refractivity (Wildman–Crippen MR) is 58.6 cm³/mol. The van der Waals surface area contributed by atoms with Crippen molar-refractivity contribution in [3.63, 3.8) is 0 Å². The van der Waals surface area contributed by atoms with E-state index in [2.05, 4.69) is 9.88 Å². The summed E-state index contributed by atoms with van der Waals surface area (Å²) >= 11 is 0. The van der Waals surface area contributed by atoms with Crippen molar-refractivity contribution in [1.82, 2.24) is 4.98 Å². The molecule has 0 atom stereocenters. The molecule has 5 nitrogen and oxygen atoms in total. The van der Waals surface area contributed by atoms with Gasteiger partial charge in [-0.25, -0.2) is 4.98 Å². The highest BCUT2D eigenvalue weighted by atomic mass is 16.1. The van der Waals surface area contributed by atoms with Crippen LogP contribution < -0.4 is 16.4 Å². The molecule has 1 fully saturated rings. The Morgan fingerprint density at radius 3 is 2.67 bits per heavy atom. The largest absolute Gasteiger partial charge is 0.397 e. The first-order valence-electron chi connectivity index (χ1n) is 4.99. The Bertz CT molecular complexity index is 385. The Labute approximate surface area is 88.1 Å². The third-order valence-corrected chi connectivity index (χ3v) is 2.56. The van der Waals surface area contributed by atoms with Crippen LogP contribution in [0.15, 0.2) is 12.3 Å². The van der Waals surface area contributed by atoms with Gasteiger partial charge in [0.1, 0.15) is 5.82 Å². The lowest BCUT2D eigenvalue weighted by Gasteiger charge is -2.18. The Morgan fingerprint density at radius 1 is 1.40 bits per heavy atom. The van der Waals surface area contributed by atoms with Crippen LogP contribution in [-0.4, -0.2) is 24.0 Å². The van der Waals surface area contributed by atoms with E-state index in [0.29, 0.717) is 17.1 Å². The number of primary amides is 1. The molecule has 0 radical (unpaired) electrons. The maximum Gasteiger partial charge on any atom is 0.252 e. The lowest BCUT2D eigenvalue weighted by Crippen LogP contribution is -2.24. The first-order valence-corrected chi connectivity index (χ1v) is 4.99. The van der Waals surface area contributed by atoms with Gasteiger partial charge < -0.3 is 16.4 Å². The first-order chi connectivity index (χ1) is 7.18. The average Bonchev–Trinajstić information content (AvgIpc) is 2.70. The van der Waals surface area contributed by atoms with Crippen molar-refractivity contribution in [3.05, 3.63) is 17.8 Å². The number of hydrogen-bond donors (Lipinski definition) is 2. The Kier molecular flexibility index (Phi) is 2.45. The van der Waals surface area contributed by atoms with Crippen LogP contribution in [0, 0.1) is 0 Å². The van der Waals surface area contributed by atoms with Crippen molar-refractivity contribution in [2.45, 2.75) is 12.8 Å². The van der Waals surface area contributed by atoms with Crippen LogP contribution in [0.5, 0.6) is 0 Å². The van der Waals surface area contributed by atoms with Gasteiger partial charge in [0.2, 0.25) is 0 Å². The Hall–Kier alpha value is -1.78. The number of anilines is 2. The number of pyridine rings is 1. The van der Waals surface area contributed by atoms with Gasteiger partial charge in [-0.05, 0) is 18.9 Å². The SMILES string of the molecule is NC(=O)c1cc(N)cnc1N1CCCC1. The summed E-state index contributed by atoms with van der Waals surface area (Å²) in [5.74, 6) is 0.186. The predicted octanol–water partition coefficient (Wildman–Crippen LogP) is 0.363. The van der Waals surface area contributed by atoms with Gasteiger partial charge in [-0.3, -0.25) is 4.79 Å². The van der Waals surface area contributed by atoms with E-state index in [-0.39, 0.29) is 0 Å². The molecule has 0 spiro atoms. The van der Waals surface area contributed by atoms with E-state index >= 15 is 0 Å². The number of rotatable bonds is 2. The molecule has 1 saturated heterocycles. The minimum atomic E-state index is -0.475. The van der Waals surface area contributed by atoms with Crippen LogP contribution in [0.2, 0.25) is 0 Å². The van der Waals surface area contributed by atoms with Gasteiger partial charge in [-0.15, -0.1) is 0 Å². The second-order valence-electron chi connectivity index (χ2n) is 3.70. The van der Waals surface area contributed by atoms with E-state index in [0.717, 1.165) is 25.9 Å². The smallest absolute Gasteiger partial charge is 0.252 e. The summed E-state index contributed by atoms with van der Waals surface area (Å²) in [6.07, 6.45) is 3.81. The zero-order chi connectivity index (χ0) is 10.8. The fourth-order valence-corrected chi connectivity index (χ4v) is 1.84. The second kappa shape index (κ2) is 3.76. The molecule has 0 bridgehead atoms. The van der Waals surface area contributed by atoms with Gasteiger partial charge in [0, 0.05) is 13.1 Å². The standard InChI is InChI=1S/C10H14N4O/c11-7-5-8(9(12)15)10(13-6-7)14-3-1-2-4-14/h5-6H,1-4,11H2,(H2,12,15). The normalized spacial score (nSPS) is 15.6. The van der Waals surface area contributed by atoms with Crippen molar-refractivity contribution in [1.29, 1.82) is 0 Å². The molecule has 80 valence electrons. The summed E-state index contributed by atoms with van der Waals surface area (Å²) in [6.45, 7) is 1.86. The number of aromatic nitrogens is 1. The van der Waals surface area contributed by atoms with Crippen LogP contribution in [0.3, 0.4) is 0 Å². The molecule has 0 unspecified atom stereocenters. The van der Waals surface area contributed by atoms with Gasteiger partial charge in [0.05, 0.1) is 17.4 Å². The molecule has 1 aliphatic rings. The molecule has 4 N–H and O–H groups in total. The highest BCUT2D eigenvalue weighted by Gasteiger charge is 2.19. The minimum Gasteiger partial charge on any atom is -0.397 e. The number of nitrogens with two attached hydrogens (primary N) is 2. The number of carbonyl (C=O) groups is 1. The maximum absolute atomic E-state index is 11.2. The summed E-state index contributed by atoms with van der Waals surface area (Å²) in [6, 6.07) is 1.59. The summed E-state index contributed by atoms with van der Waals surface area (Å²) in [7, 11) is 0. The number of nitrogens with zero attached hydrogens (tertiary/aromatic N) is 2. The van der Waals surface area contributed by atoms with Gasteiger partial charge in [0.15, 0.2) is 0 Å². The number of hydrogen-bond acceptors (Lipinski definition) is 4. The fourth-order valence-electron chi connectivity index (χ4n) is 1.84. The van der Waals surface area contributed by atoms with Crippen LogP contribution in [0.4, 0.5) is 11.5 Å². The third kappa shape index (κ3) is 1.86. The molecule has 1 amide bonds. The van der Waals surface area contributed by atoms with Crippen LogP contribution in [-0.2, 0) is 0 Å². The monoisotopic (exact) mass is 206 g/mol. The van der Waals surface area contributed by atoms with E-state index in [1.54, 1.807) is 12.3 Å². The molecule has 0 aliphatic carbocycles. The van der Waals surface area contributed by atoms with Crippen molar-refractivity contribution >= 4 is 17.4 Å². The quantitative estimate of drug-likeness (QED) is 0.731. The Balaban J connectivity index is 2.40. The molecule has 0 aromatic carbocycles. The van der Waals surface area contributed by atoms with E-state index in [1.165, 1.54) is 0 Å². The van der Waals surface area contributed by atoms with E-state index in [9.17, 15) is 4.79 Å². The zero-order valence-corrected chi connectivity index (χ0v) is 8.44. The van der Waals surface area contributed by atoms with Crippen LogP contribution in [0.1, 0.15) is 23.2 Å². The molecule has 5 heteroatoms. The van der Waals surface area contributed by atoms with E-state index in [4.69, 9.17) is 11.5 Å². The Morgan fingerprint density at radius 2 is 2.07 bits per heavy atom. The lowest BCUT2D eigenvalue weighted by atomic mass is 10.2. The van der Waals surface area contributed by atoms with Gasteiger partial charge in [-0.1, -0.05) is 0 Å². The van der Waals surface area contributed by atoms with E-state index in [1.807, 2.05) is 0 Å².